The highest BCUT2D eigenvalue weighted by molar-refractivity contribution is 6.35. The number of hydrogen-bond acceptors (Lipinski definition) is 6. The average Bonchev–Trinajstić information content (AvgIpc) is 2.91. The van der Waals surface area contributed by atoms with Crippen LogP contribution in [0.5, 0.6) is 0 Å². The minimum atomic E-state index is -1.07. The quantitative estimate of drug-likeness (QED) is 0.594. The Kier molecular flexibility index (Phi) is 5.14. The van der Waals surface area contributed by atoms with Crippen molar-refractivity contribution in [2.75, 3.05) is 11.5 Å². The van der Waals surface area contributed by atoms with Gasteiger partial charge in [-0.05, 0) is 49.2 Å². The predicted molar refractivity (Wildman–Crippen MR) is 102 cm³/mol. The molecule has 148 valence electrons. The molecule has 1 aliphatic rings. The number of nitrogens with two attached hydrogens (primary N) is 1. The predicted octanol–water partition coefficient (Wildman–Crippen LogP) is 1.46. The van der Waals surface area contributed by atoms with Gasteiger partial charge in [0.25, 0.3) is 17.7 Å². The van der Waals surface area contributed by atoms with Gasteiger partial charge in [0.15, 0.2) is 6.61 Å². The van der Waals surface area contributed by atoms with Crippen LogP contribution in [0.4, 0.5) is 10.5 Å². The first-order valence-corrected chi connectivity index (χ1v) is 8.55. The molecule has 5 amide bonds. The number of benzene rings is 2. The van der Waals surface area contributed by atoms with Crippen molar-refractivity contribution in [1.82, 2.24) is 5.32 Å². The van der Waals surface area contributed by atoms with Crippen molar-refractivity contribution in [2.24, 2.45) is 5.73 Å². The molecule has 3 rings (SSSR count). The van der Waals surface area contributed by atoms with Crippen molar-refractivity contribution in [3.8, 4) is 0 Å². The van der Waals surface area contributed by atoms with Crippen molar-refractivity contribution >= 4 is 35.4 Å². The molecule has 29 heavy (non-hydrogen) atoms. The van der Waals surface area contributed by atoms with Gasteiger partial charge in [-0.2, -0.15) is 0 Å². The highest BCUT2D eigenvalue weighted by atomic mass is 16.5. The van der Waals surface area contributed by atoms with Crippen LogP contribution < -0.4 is 16.0 Å². The first-order chi connectivity index (χ1) is 13.7. The summed E-state index contributed by atoms with van der Waals surface area (Å²) in [5.74, 6) is -2.82. The molecule has 0 fully saturated rings. The smallest absolute Gasteiger partial charge is 0.338 e. The van der Waals surface area contributed by atoms with Gasteiger partial charge in [0.2, 0.25) is 0 Å². The number of amides is 5. The number of aryl methyl sites for hydroxylation is 2. The second-order valence-corrected chi connectivity index (χ2v) is 6.48. The lowest BCUT2D eigenvalue weighted by molar-refractivity contribution is -0.123. The largest absolute Gasteiger partial charge is 0.452 e. The lowest BCUT2D eigenvalue weighted by Gasteiger charge is -2.17. The molecule has 1 heterocycles. The van der Waals surface area contributed by atoms with Gasteiger partial charge in [-0.15, -0.1) is 0 Å². The Morgan fingerprint density at radius 1 is 1.00 bits per heavy atom. The lowest BCUT2D eigenvalue weighted by atomic mass is 10.1. The van der Waals surface area contributed by atoms with Crippen LogP contribution in [0.25, 0.3) is 0 Å². The summed E-state index contributed by atoms with van der Waals surface area (Å²) < 4.78 is 4.79. The topological polar surface area (TPSA) is 136 Å². The number of fused-ring (bicyclic) bond motifs is 1. The number of nitrogens with zero attached hydrogens (tertiary/aromatic N) is 1. The standard InChI is InChI=1S/C20H17N3O6/c1-10-3-4-11(2)15(7-10)23-17(25)13-6-5-12(8-14(13)18(23)26)19(27)29-9-16(24)22-20(21)28/h3-8H,9H2,1-2H3,(H3,21,22,24,28). The van der Waals surface area contributed by atoms with Crippen LogP contribution in [0, 0.1) is 13.8 Å². The Morgan fingerprint density at radius 3 is 2.38 bits per heavy atom. The molecular weight excluding hydrogens is 378 g/mol. The number of esters is 1. The van der Waals surface area contributed by atoms with Crippen molar-refractivity contribution in [1.29, 1.82) is 0 Å². The van der Waals surface area contributed by atoms with Crippen LogP contribution in [-0.2, 0) is 9.53 Å². The number of nitrogens with one attached hydrogen (secondary N) is 1. The fourth-order valence-electron chi connectivity index (χ4n) is 2.93. The molecule has 2 aromatic carbocycles. The summed E-state index contributed by atoms with van der Waals surface area (Å²) in [6.45, 7) is 2.92. The Hall–Kier alpha value is -4.01. The molecule has 9 nitrogen and oxygen atoms in total. The van der Waals surface area contributed by atoms with E-state index >= 15 is 0 Å². The molecule has 1 aliphatic heterocycles. The van der Waals surface area contributed by atoms with Gasteiger partial charge in [-0.3, -0.25) is 19.7 Å². The maximum absolute atomic E-state index is 12.9. The molecule has 0 atom stereocenters. The zero-order valence-corrected chi connectivity index (χ0v) is 15.6. The fourth-order valence-corrected chi connectivity index (χ4v) is 2.93. The third kappa shape index (κ3) is 3.84. The highest BCUT2D eigenvalue weighted by Gasteiger charge is 2.38. The third-order valence-corrected chi connectivity index (χ3v) is 4.32. The number of hydrogen-bond donors (Lipinski definition) is 2. The molecule has 0 bridgehead atoms. The summed E-state index contributed by atoms with van der Waals surface area (Å²) in [6, 6.07) is 8.29. The minimum Gasteiger partial charge on any atom is -0.452 e. The average molecular weight is 395 g/mol. The van der Waals surface area contributed by atoms with E-state index in [1.807, 2.05) is 19.1 Å². The number of carbonyl (C=O) groups is 5. The van der Waals surface area contributed by atoms with Crippen molar-refractivity contribution in [3.05, 3.63) is 64.2 Å². The minimum absolute atomic E-state index is 0.0143. The number of anilines is 1. The van der Waals surface area contributed by atoms with Gasteiger partial charge in [-0.1, -0.05) is 12.1 Å². The Balaban J connectivity index is 1.84. The molecule has 3 N–H and O–H groups in total. The zero-order chi connectivity index (χ0) is 21.3. The van der Waals surface area contributed by atoms with Gasteiger partial charge in [0.1, 0.15) is 0 Å². The lowest BCUT2D eigenvalue weighted by Crippen LogP contribution is -2.37. The van der Waals surface area contributed by atoms with E-state index in [-0.39, 0.29) is 16.7 Å². The number of primary amides is 1. The summed E-state index contributed by atoms with van der Waals surface area (Å²) in [5.41, 5.74) is 7.13. The van der Waals surface area contributed by atoms with E-state index in [9.17, 15) is 24.0 Å². The molecule has 0 radical (unpaired) electrons. The summed E-state index contributed by atoms with van der Waals surface area (Å²) in [6.07, 6.45) is 0. The second kappa shape index (κ2) is 7.55. The van der Waals surface area contributed by atoms with Gasteiger partial charge < -0.3 is 10.5 Å². The number of carbonyl (C=O) groups excluding carboxylic acids is 5. The molecule has 9 heteroatoms. The van der Waals surface area contributed by atoms with E-state index < -0.39 is 36.3 Å². The summed E-state index contributed by atoms with van der Waals surface area (Å²) in [5, 5.41) is 1.76. The third-order valence-electron chi connectivity index (χ3n) is 4.32. The van der Waals surface area contributed by atoms with Crippen molar-refractivity contribution < 1.29 is 28.7 Å². The van der Waals surface area contributed by atoms with E-state index in [4.69, 9.17) is 10.5 Å². The van der Waals surface area contributed by atoms with Crippen LogP contribution in [-0.4, -0.2) is 36.3 Å². The molecule has 0 saturated heterocycles. The van der Waals surface area contributed by atoms with E-state index in [1.165, 1.54) is 18.2 Å². The van der Waals surface area contributed by atoms with Gasteiger partial charge >= 0.3 is 12.0 Å². The monoisotopic (exact) mass is 395 g/mol. The Morgan fingerprint density at radius 2 is 1.69 bits per heavy atom. The van der Waals surface area contributed by atoms with Crippen LogP contribution >= 0.6 is 0 Å². The molecule has 2 aromatic rings. The molecule has 0 spiro atoms. The summed E-state index contributed by atoms with van der Waals surface area (Å²) >= 11 is 0. The maximum Gasteiger partial charge on any atom is 0.338 e. The van der Waals surface area contributed by atoms with Crippen molar-refractivity contribution in [2.45, 2.75) is 13.8 Å². The fraction of sp³-hybridized carbons (Fsp3) is 0.150. The van der Waals surface area contributed by atoms with E-state index in [2.05, 4.69) is 0 Å². The van der Waals surface area contributed by atoms with Crippen LogP contribution in [0.15, 0.2) is 36.4 Å². The molecule has 0 aromatic heterocycles. The molecule has 0 unspecified atom stereocenters. The van der Waals surface area contributed by atoms with E-state index in [0.717, 1.165) is 16.0 Å². The maximum atomic E-state index is 12.9. The van der Waals surface area contributed by atoms with E-state index in [0.29, 0.717) is 5.69 Å². The number of rotatable bonds is 4. The molecule has 0 aliphatic carbocycles. The Bertz CT molecular complexity index is 1080. The number of ether oxygens (including phenoxy) is 1. The molecular formula is C20H17N3O6. The summed E-state index contributed by atoms with van der Waals surface area (Å²) in [4.78, 5) is 60.8. The van der Waals surface area contributed by atoms with Crippen LogP contribution in [0.3, 0.4) is 0 Å². The van der Waals surface area contributed by atoms with Crippen LogP contribution in [0.1, 0.15) is 42.2 Å². The first-order valence-electron chi connectivity index (χ1n) is 8.55. The van der Waals surface area contributed by atoms with Crippen LogP contribution in [0.2, 0.25) is 0 Å². The highest BCUT2D eigenvalue weighted by Crippen LogP contribution is 2.31. The van der Waals surface area contributed by atoms with Gasteiger partial charge in [0, 0.05) is 0 Å². The van der Waals surface area contributed by atoms with Crippen molar-refractivity contribution in [3.63, 3.8) is 0 Å². The normalized spacial score (nSPS) is 12.6. The second-order valence-electron chi connectivity index (χ2n) is 6.48. The van der Waals surface area contributed by atoms with E-state index in [1.54, 1.807) is 18.3 Å². The zero-order valence-electron chi connectivity index (χ0n) is 15.6. The number of imide groups is 2. The molecule has 0 saturated carbocycles. The van der Waals surface area contributed by atoms with Gasteiger partial charge in [-0.25, -0.2) is 14.5 Å². The SMILES string of the molecule is Cc1ccc(C)c(N2C(=O)c3ccc(C(=O)OCC(=O)NC(N)=O)cc3C2=O)c1. The summed E-state index contributed by atoms with van der Waals surface area (Å²) in [7, 11) is 0. The van der Waals surface area contributed by atoms with Gasteiger partial charge in [0.05, 0.1) is 22.4 Å². The Labute approximate surface area is 165 Å². The first kappa shape index (κ1) is 19.7. The number of urea groups is 1.